The zero-order chi connectivity index (χ0) is 9.19. The minimum Gasteiger partial charge on any atom is -0.361 e. The molecule has 68 valence electrons. The predicted octanol–water partition coefficient (Wildman–Crippen LogP) is 1.47. The number of nitrogens with two attached hydrogens (primary N) is 1. The van der Waals surface area contributed by atoms with E-state index >= 15 is 0 Å². The maximum absolute atomic E-state index is 5.44. The van der Waals surface area contributed by atoms with Gasteiger partial charge in [0.15, 0.2) is 0 Å². The highest BCUT2D eigenvalue weighted by Gasteiger charge is 2.20. The van der Waals surface area contributed by atoms with Crippen LogP contribution in [0.25, 0.3) is 0 Å². The van der Waals surface area contributed by atoms with Crippen LogP contribution < -0.4 is 5.73 Å². The summed E-state index contributed by atoms with van der Waals surface area (Å²) >= 11 is 0. The van der Waals surface area contributed by atoms with Gasteiger partial charge in [-0.2, -0.15) is 0 Å². The van der Waals surface area contributed by atoms with Gasteiger partial charge in [-0.25, -0.2) is 0 Å². The molecule has 0 amide bonds. The van der Waals surface area contributed by atoms with Crippen molar-refractivity contribution in [3.05, 3.63) is 17.5 Å². The lowest BCUT2D eigenvalue weighted by Gasteiger charge is -2.16. The summed E-state index contributed by atoms with van der Waals surface area (Å²) in [6.45, 7) is 7.02. The van der Waals surface area contributed by atoms with Crippen molar-refractivity contribution in [2.75, 3.05) is 6.54 Å². The molecule has 0 aromatic carbocycles. The van der Waals surface area contributed by atoms with Crippen molar-refractivity contribution in [2.24, 2.45) is 5.73 Å². The molecular weight excluding hydrogens is 152 g/mol. The summed E-state index contributed by atoms with van der Waals surface area (Å²) in [6.07, 6.45) is 2.55. The maximum atomic E-state index is 5.44. The van der Waals surface area contributed by atoms with Crippen LogP contribution in [0.5, 0.6) is 0 Å². The Morgan fingerprint density at radius 3 is 2.67 bits per heavy atom. The molecule has 0 aliphatic rings. The summed E-state index contributed by atoms with van der Waals surface area (Å²) in [4.78, 5) is 0. The van der Waals surface area contributed by atoms with Crippen LogP contribution in [0.1, 0.15) is 32.1 Å². The SMILES string of the molecule is CC(C)(C)c1cnoc1CCN. The van der Waals surface area contributed by atoms with Gasteiger partial charge in [0.1, 0.15) is 5.76 Å². The molecule has 0 aliphatic carbocycles. The second-order valence-electron chi connectivity index (χ2n) is 3.95. The monoisotopic (exact) mass is 168 g/mol. The van der Waals surface area contributed by atoms with Gasteiger partial charge in [0, 0.05) is 12.0 Å². The van der Waals surface area contributed by atoms with E-state index in [1.165, 1.54) is 0 Å². The molecule has 2 N–H and O–H groups in total. The summed E-state index contributed by atoms with van der Waals surface area (Å²) in [5.74, 6) is 0.921. The van der Waals surface area contributed by atoms with E-state index < -0.39 is 0 Å². The van der Waals surface area contributed by atoms with Crippen molar-refractivity contribution in [1.29, 1.82) is 0 Å². The van der Waals surface area contributed by atoms with Crippen LogP contribution in [0.4, 0.5) is 0 Å². The van der Waals surface area contributed by atoms with Crippen molar-refractivity contribution in [2.45, 2.75) is 32.6 Å². The van der Waals surface area contributed by atoms with Crippen LogP contribution in [0, 0.1) is 0 Å². The average Bonchev–Trinajstić information content (AvgIpc) is 2.34. The number of rotatable bonds is 2. The lowest BCUT2D eigenvalue weighted by molar-refractivity contribution is 0.379. The Hall–Kier alpha value is -0.830. The molecule has 0 saturated heterocycles. The van der Waals surface area contributed by atoms with Crippen LogP contribution in [-0.2, 0) is 11.8 Å². The molecule has 0 unspecified atom stereocenters. The topological polar surface area (TPSA) is 52.0 Å². The predicted molar refractivity (Wildman–Crippen MR) is 48.0 cm³/mol. The van der Waals surface area contributed by atoms with E-state index in [9.17, 15) is 0 Å². The molecule has 0 saturated carbocycles. The quantitative estimate of drug-likeness (QED) is 0.727. The molecule has 1 aromatic heterocycles. The van der Waals surface area contributed by atoms with Gasteiger partial charge in [0.2, 0.25) is 0 Å². The molecule has 0 bridgehead atoms. The summed E-state index contributed by atoms with van der Waals surface area (Å²) < 4.78 is 5.10. The van der Waals surface area contributed by atoms with Crippen molar-refractivity contribution in [3.63, 3.8) is 0 Å². The van der Waals surface area contributed by atoms with E-state index in [2.05, 4.69) is 25.9 Å². The largest absolute Gasteiger partial charge is 0.361 e. The highest BCUT2D eigenvalue weighted by Crippen LogP contribution is 2.25. The zero-order valence-corrected chi connectivity index (χ0v) is 7.92. The fourth-order valence-electron chi connectivity index (χ4n) is 1.19. The van der Waals surface area contributed by atoms with E-state index in [-0.39, 0.29) is 5.41 Å². The second-order valence-corrected chi connectivity index (χ2v) is 3.95. The van der Waals surface area contributed by atoms with Crippen molar-refractivity contribution in [3.8, 4) is 0 Å². The first-order valence-corrected chi connectivity index (χ1v) is 4.20. The molecule has 0 aliphatic heterocycles. The van der Waals surface area contributed by atoms with Crippen LogP contribution in [0.15, 0.2) is 10.7 Å². The van der Waals surface area contributed by atoms with Gasteiger partial charge >= 0.3 is 0 Å². The molecular formula is C9H16N2O. The minimum absolute atomic E-state index is 0.102. The van der Waals surface area contributed by atoms with Gasteiger partial charge in [0.05, 0.1) is 6.20 Å². The second kappa shape index (κ2) is 3.27. The summed E-state index contributed by atoms with van der Waals surface area (Å²) in [5.41, 5.74) is 6.71. The first kappa shape index (κ1) is 9.26. The Balaban J connectivity index is 2.91. The zero-order valence-electron chi connectivity index (χ0n) is 7.92. The Labute approximate surface area is 72.9 Å². The third-order valence-corrected chi connectivity index (χ3v) is 1.82. The number of nitrogens with zero attached hydrogens (tertiary/aromatic N) is 1. The van der Waals surface area contributed by atoms with E-state index in [1.807, 2.05) is 0 Å². The Morgan fingerprint density at radius 1 is 1.50 bits per heavy atom. The highest BCUT2D eigenvalue weighted by molar-refractivity contribution is 5.22. The van der Waals surface area contributed by atoms with E-state index in [0.717, 1.165) is 17.7 Å². The molecule has 0 fully saturated rings. The van der Waals surface area contributed by atoms with E-state index in [1.54, 1.807) is 6.20 Å². The number of aromatic nitrogens is 1. The third kappa shape index (κ3) is 1.85. The molecule has 12 heavy (non-hydrogen) atoms. The van der Waals surface area contributed by atoms with Gasteiger partial charge in [-0.15, -0.1) is 0 Å². The Kier molecular flexibility index (Phi) is 2.52. The fraction of sp³-hybridized carbons (Fsp3) is 0.667. The maximum Gasteiger partial charge on any atom is 0.141 e. The lowest BCUT2D eigenvalue weighted by atomic mass is 9.87. The summed E-state index contributed by atoms with van der Waals surface area (Å²) in [6, 6.07) is 0. The Morgan fingerprint density at radius 2 is 2.17 bits per heavy atom. The number of hydrogen-bond acceptors (Lipinski definition) is 3. The van der Waals surface area contributed by atoms with Crippen molar-refractivity contribution < 1.29 is 4.52 Å². The van der Waals surface area contributed by atoms with Crippen LogP contribution in [0.2, 0.25) is 0 Å². The molecule has 0 radical (unpaired) electrons. The third-order valence-electron chi connectivity index (χ3n) is 1.82. The fourth-order valence-corrected chi connectivity index (χ4v) is 1.19. The van der Waals surface area contributed by atoms with Crippen LogP contribution >= 0.6 is 0 Å². The first-order chi connectivity index (χ1) is 5.55. The van der Waals surface area contributed by atoms with Gasteiger partial charge in [0.25, 0.3) is 0 Å². The van der Waals surface area contributed by atoms with Gasteiger partial charge in [-0.1, -0.05) is 25.9 Å². The average molecular weight is 168 g/mol. The van der Waals surface area contributed by atoms with E-state index in [0.29, 0.717) is 6.54 Å². The smallest absolute Gasteiger partial charge is 0.141 e. The van der Waals surface area contributed by atoms with Gasteiger partial charge in [-0.05, 0) is 12.0 Å². The molecule has 1 rings (SSSR count). The molecule has 0 atom stereocenters. The highest BCUT2D eigenvalue weighted by atomic mass is 16.5. The van der Waals surface area contributed by atoms with Crippen LogP contribution in [-0.4, -0.2) is 11.7 Å². The molecule has 0 spiro atoms. The molecule has 1 aromatic rings. The lowest BCUT2D eigenvalue weighted by Crippen LogP contribution is -2.14. The van der Waals surface area contributed by atoms with Gasteiger partial charge < -0.3 is 10.3 Å². The van der Waals surface area contributed by atoms with Crippen molar-refractivity contribution >= 4 is 0 Å². The first-order valence-electron chi connectivity index (χ1n) is 4.20. The van der Waals surface area contributed by atoms with Gasteiger partial charge in [-0.3, -0.25) is 0 Å². The minimum atomic E-state index is 0.102. The molecule has 3 nitrogen and oxygen atoms in total. The van der Waals surface area contributed by atoms with Crippen LogP contribution in [0.3, 0.4) is 0 Å². The van der Waals surface area contributed by atoms with E-state index in [4.69, 9.17) is 10.3 Å². The number of hydrogen-bond donors (Lipinski definition) is 1. The molecule has 3 heteroatoms. The Bertz CT molecular complexity index is 247. The van der Waals surface area contributed by atoms with Crippen molar-refractivity contribution in [1.82, 2.24) is 5.16 Å². The summed E-state index contributed by atoms with van der Waals surface area (Å²) in [7, 11) is 0. The molecule has 1 heterocycles. The normalized spacial score (nSPS) is 12.0. The standard InChI is InChI=1S/C9H16N2O/c1-9(2,3)7-6-11-12-8(7)4-5-10/h6H,4-5,10H2,1-3H3. The summed E-state index contributed by atoms with van der Waals surface area (Å²) in [5, 5.41) is 3.78.